The monoisotopic (exact) mass is 522 g/mol. The highest BCUT2D eigenvalue weighted by Crippen LogP contribution is 2.40. The molecule has 0 aliphatic rings. The Morgan fingerprint density at radius 2 is 1.03 bits per heavy atom. The van der Waals surface area contributed by atoms with Crippen LogP contribution < -0.4 is 0 Å². The minimum absolute atomic E-state index is 0.101. The molecule has 0 radical (unpaired) electrons. The number of hydrogen-bond acceptors (Lipinski definition) is 3. The quantitative estimate of drug-likeness (QED) is 0.172. The summed E-state index contributed by atoms with van der Waals surface area (Å²) in [6.45, 7) is 16.3. The lowest BCUT2D eigenvalue weighted by Gasteiger charge is -2.34. The molecule has 0 spiro atoms. The van der Waals surface area contributed by atoms with E-state index in [1.54, 1.807) is 0 Å². The van der Waals surface area contributed by atoms with Gasteiger partial charge in [0.25, 0.3) is 0 Å². The summed E-state index contributed by atoms with van der Waals surface area (Å²) >= 11 is 4.00. The fraction of sp³-hybridized carbons (Fsp3) is 0.812. The van der Waals surface area contributed by atoms with Gasteiger partial charge in [-0.1, -0.05) is 125 Å². The van der Waals surface area contributed by atoms with Crippen LogP contribution >= 0.6 is 23.5 Å². The third-order valence-electron chi connectivity index (χ3n) is 6.82. The number of rotatable bonds is 20. The fourth-order valence-electron chi connectivity index (χ4n) is 5.13. The van der Waals surface area contributed by atoms with E-state index in [0.717, 1.165) is 29.1 Å². The van der Waals surface area contributed by atoms with Crippen LogP contribution in [-0.4, -0.2) is 16.6 Å². The van der Waals surface area contributed by atoms with E-state index in [2.05, 4.69) is 60.6 Å². The number of unbranched alkanes of at least 4 members (excludes halogenated alkanes) is 10. The zero-order valence-corrected chi connectivity index (χ0v) is 26.1. The van der Waals surface area contributed by atoms with E-state index in [-0.39, 0.29) is 10.8 Å². The molecule has 0 aromatic heterocycles. The van der Waals surface area contributed by atoms with Gasteiger partial charge in [0.15, 0.2) is 0 Å². The molecule has 3 heteroatoms. The lowest BCUT2D eigenvalue weighted by molar-refractivity contribution is 0.284. The summed E-state index contributed by atoms with van der Waals surface area (Å²) in [7, 11) is 0. The Kier molecular flexibility index (Phi) is 16.9. The maximum atomic E-state index is 11.2. The predicted octanol–water partition coefficient (Wildman–Crippen LogP) is 11.3. The maximum absolute atomic E-state index is 11.2. The first kappa shape index (κ1) is 32.7. The van der Waals surface area contributed by atoms with Crippen LogP contribution in [0.3, 0.4) is 0 Å². The minimum atomic E-state index is 0.101. The van der Waals surface area contributed by atoms with E-state index in [9.17, 15) is 5.11 Å². The molecule has 1 nitrogen and oxygen atoms in total. The van der Waals surface area contributed by atoms with Gasteiger partial charge in [-0.05, 0) is 47.2 Å². The van der Waals surface area contributed by atoms with E-state index in [1.807, 2.05) is 23.5 Å². The first-order chi connectivity index (χ1) is 16.6. The van der Waals surface area contributed by atoms with Crippen molar-refractivity contribution in [1.29, 1.82) is 0 Å². The molecule has 0 saturated carbocycles. The van der Waals surface area contributed by atoms with Gasteiger partial charge in [0, 0.05) is 22.6 Å². The van der Waals surface area contributed by atoms with Crippen molar-refractivity contribution in [2.24, 2.45) is 5.41 Å². The molecule has 0 saturated heterocycles. The SMILES string of the molecule is CCCCCCCCSCc1cc(C(C)(C)CC(C)(C)C)cc(CSCCCCCCCC)c1O. The molecule has 0 bridgehead atoms. The summed E-state index contributed by atoms with van der Waals surface area (Å²) in [6.07, 6.45) is 17.3. The van der Waals surface area contributed by atoms with Crippen LogP contribution in [0, 0.1) is 5.41 Å². The van der Waals surface area contributed by atoms with Gasteiger partial charge in [-0.15, -0.1) is 0 Å². The largest absolute Gasteiger partial charge is 0.507 e. The number of phenolic OH excluding ortho intramolecular Hbond substituents is 1. The Morgan fingerprint density at radius 3 is 1.43 bits per heavy atom. The van der Waals surface area contributed by atoms with Crippen molar-refractivity contribution in [1.82, 2.24) is 0 Å². The number of hydrogen-bond donors (Lipinski definition) is 1. The van der Waals surface area contributed by atoms with Gasteiger partial charge >= 0.3 is 0 Å². The second-order valence-corrected chi connectivity index (χ2v) is 14.6. The van der Waals surface area contributed by atoms with E-state index < -0.39 is 0 Å². The van der Waals surface area contributed by atoms with E-state index in [1.165, 1.54) is 94.1 Å². The van der Waals surface area contributed by atoms with Crippen molar-refractivity contribution in [2.45, 2.75) is 149 Å². The van der Waals surface area contributed by atoms with Crippen molar-refractivity contribution in [3.05, 3.63) is 28.8 Å². The Bertz CT molecular complexity index is 634. The molecule has 0 atom stereocenters. The average molecular weight is 523 g/mol. The Labute approximate surface area is 228 Å². The fourth-order valence-corrected chi connectivity index (χ4v) is 7.12. The van der Waals surface area contributed by atoms with Crippen molar-refractivity contribution >= 4 is 23.5 Å². The maximum Gasteiger partial charge on any atom is 0.123 e. The van der Waals surface area contributed by atoms with Gasteiger partial charge in [0.2, 0.25) is 0 Å². The molecule has 0 amide bonds. The van der Waals surface area contributed by atoms with Gasteiger partial charge in [0.1, 0.15) is 5.75 Å². The number of phenols is 1. The molecule has 0 aliphatic carbocycles. The molecule has 1 rings (SSSR count). The molecule has 0 fully saturated rings. The second-order valence-electron chi connectivity index (χ2n) is 12.4. The summed E-state index contributed by atoms with van der Waals surface area (Å²) in [5.41, 5.74) is 4.08. The molecule has 0 heterocycles. The van der Waals surface area contributed by atoms with Crippen molar-refractivity contribution < 1.29 is 5.11 Å². The second kappa shape index (κ2) is 18.1. The van der Waals surface area contributed by atoms with Gasteiger partial charge in [-0.25, -0.2) is 0 Å². The summed E-state index contributed by atoms with van der Waals surface area (Å²) < 4.78 is 0. The zero-order valence-electron chi connectivity index (χ0n) is 24.4. The number of thioether (sulfide) groups is 2. The Hall–Kier alpha value is -0.280. The van der Waals surface area contributed by atoms with Crippen molar-refractivity contribution in [2.75, 3.05) is 11.5 Å². The highest BCUT2D eigenvalue weighted by Gasteiger charge is 2.28. The molecular weight excluding hydrogens is 464 g/mol. The summed E-state index contributed by atoms with van der Waals surface area (Å²) in [5.74, 6) is 4.81. The van der Waals surface area contributed by atoms with E-state index in [4.69, 9.17) is 0 Å². The first-order valence-corrected chi connectivity index (χ1v) is 16.9. The topological polar surface area (TPSA) is 20.2 Å². The standard InChI is InChI=1S/C32H58OS2/c1-8-10-12-14-16-18-20-34-24-27-22-29(32(6,7)26-31(3,4)5)23-28(30(27)33)25-35-21-19-17-15-13-11-9-2/h22-23,33H,8-21,24-26H2,1-7H3. The van der Waals surface area contributed by atoms with Gasteiger partial charge in [-0.2, -0.15) is 23.5 Å². The molecule has 1 aromatic carbocycles. The smallest absolute Gasteiger partial charge is 0.123 e. The highest BCUT2D eigenvalue weighted by molar-refractivity contribution is 7.98. The van der Waals surface area contributed by atoms with E-state index in [0.29, 0.717) is 5.75 Å². The third kappa shape index (κ3) is 14.9. The van der Waals surface area contributed by atoms with Crippen LogP contribution in [0.4, 0.5) is 0 Å². The lowest BCUT2D eigenvalue weighted by atomic mass is 9.72. The van der Waals surface area contributed by atoms with Crippen LogP contribution in [0.25, 0.3) is 0 Å². The van der Waals surface area contributed by atoms with Crippen LogP contribution in [0.2, 0.25) is 0 Å². The summed E-state index contributed by atoms with van der Waals surface area (Å²) in [6, 6.07) is 4.63. The molecule has 0 aliphatic heterocycles. The van der Waals surface area contributed by atoms with Gasteiger partial charge in [-0.3, -0.25) is 0 Å². The molecular formula is C32H58OS2. The average Bonchev–Trinajstić information content (AvgIpc) is 2.77. The first-order valence-electron chi connectivity index (χ1n) is 14.6. The molecule has 1 N–H and O–H groups in total. The van der Waals surface area contributed by atoms with Gasteiger partial charge < -0.3 is 5.11 Å². The lowest BCUT2D eigenvalue weighted by Crippen LogP contribution is -2.25. The normalized spacial score (nSPS) is 12.4. The minimum Gasteiger partial charge on any atom is -0.507 e. The van der Waals surface area contributed by atoms with Crippen LogP contribution in [0.1, 0.15) is 149 Å². The van der Waals surface area contributed by atoms with Crippen LogP contribution in [-0.2, 0) is 16.9 Å². The molecule has 35 heavy (non-hydrogen) atoms. The third-order valence-corrected chi connectivity index (χ3v) is 9.01. The van der Waals surface area contributed by atoms with Crippen molar-refractivity contribution in [3.63, 3.8) is 0 Å². The van der Waals surface area contributed by atoms with Crippen molar-refractivity contribution in [3.8, 4) is 5.75 Å². The summed E-state index contributed by atoms with van der Waals surface area (Å²) in [4.78, 5) is 0. The number of benzene rings is 1. The Morgan fingerprint density at radius 1 is 0.629 bits per heavy atom. The highest BCUT2D eigenvalue weighted by atomic mass is 32.2. The van der Waals surface area contributed by atoms with Crippen LogP contribution in [0.15, 0.2) is 12.1 Å². The molecule has 204 valence electrons. The van der Waals surface area contributed by atoms with Crippen LogP contribution in [0.5, 0.6) is 5.75 Å². The zero-order chi connectivity index (χ0) is 26.2. The van der Waals surface area contributed by atoms with E-state index >= 15 is 0 Å². The Balaban J connectivity index is 2.77. The molecule has 0 unspecified atom stereocenters. The van der Waals surface area contributed by atoms with Gasteiger partial charge in [0.05, 0.1) is 0 Å². The number of aromatic hydroxyl groups is 1. The molecule has 1 aromatic rings. The summed E-state index contributed by atoms with van der Waals surface area (Å²) in [5, 5.41) is 11.2. The predicted molar refractivity (Wildman–Crippen MR) is 164 cm³/mol.